The number of methoxy groups -OCH3 is 1. The molecule has 5 rings (SSSR count). The van der Waals surface area contributed by atoms with Gasteiger partial charge < -0.3 is 19.3 Å². The van der Waals surface area contributed by atoms with Gasteiger partial charge in [-0.3, -0.25) is 19.2 Å². The number of rotatable bonds is 6. The third-order valence-corrected chi connectivity index (χ3v) is 6.96. The summed E-state index contributed by atoms with van der Waals surface area (Å²) in [4.78, 5) is 30.4. The Labute approximate surface area is 202 Å². The molecule has 0 radical (unpaired) electrons. The van der Waals surface area contributed by atoms with E-state index in [0.717, 1.165) is 23.1 Å². The van der Waals surface area contributed by atoms with Crippen LogP contribution in [-0.4, -0.2) is 47.1 Å². The molecule has 3 heterocycles. The number of aromatic amines is 1. The number of aromatic nitrogens is 2. The zero-order valence-electron chi connectivity index (χ0n) is 20.0. The summed E-state index contributed by atoms with van der Waals surface area (Å²) in [5.41, 5.74) is 1.67. The summed E-state index contributed by atoms with van der Waals surface area (Å²) >= 11 is 0. The predicted octanol–water partition coefficient (Wildman–Crippen LogP) is 2.75. The summed E-state index contributed by atoms with van der Waals surface area (Å²) in [7, 11) is 3.42. The van der Waals surface area contributed by atoms with Crippen LogP contribution in [0.15, 0.2) is 46.0 Å². The third kappa shape index (κ3) is 3.95. The number of fused-ring (bicyclic) bond motifs is 2. The quantitative estimate of drug-likeness (QED) is 0.560. The third-order valence-electron chi connectivity index (χ3n) is 6.96. The average molecular weight is 480 g/mol. The lowest BCUT2D eigenvalue weighted by molar-refractivity contribution is 0.170. The van der Waals surface area contributed by atoms with E-state index in [1.54, 1.807) is 7.11 Å². The van der Waals surface area contributed by atoms with Crippen molar-refractivity contribution in [3.05, 3.63) is 79.5 Å². The molecule has 0 spiro atoms. The van der Waals surface area contributed by atoms with Crippen molar-refractivity contribution in [3.63, 3.8) is 0 Å². The highest BCUT2D eigenvalue weighted by atomic mass is 16.7. The maximum atomic E-state index is 13.2. The van der Waals surface area contributed by atoms with Crippen LogP contribution in [0.5, 0.6) is 23.1 Å². The molecule has 0 aliphatic carbocycles. The van der Waals surface area contributed by atoms with Gasteiger partial charge in [-0.05, 0) is 50.4 Å². The number of aromatic hydroxyl groups is 1. The molecule has 2 unspecified atom stereocenters. The molecule has 3 aromatic rings. The van der Waals surface area contributed by atoms with Crippen molar-refractivity contribution in [1.29, 1.82) is 0 Å². The van der Waals surface area contributed by atoms with E-state index in [1.807, 2.05) is 55.3 Å². The lowest BCUT2D eigenvalue weighted by Crippen LogP contribution is -2.40. The van der Waals surface area contributed by atoms with Gasteiger partial charge in [0, 0.05) is 18.2 Å². The van der Waals surface area contributed by atoms with Crippen LogP contribution in [-0.2, 0) is 12.8 Å². The van der Waals surface area contributed by atoms with Crippen LogP contribution in [0.25, 0.3) is 0 Å². The van der Waals surface area contributed by atoms with Crippen LogP contribution in [0.3, 0.4) is 0 Å². The molecule has 2 N–H and O–H groups in total. The van der Waals surface area contributed by atoms with Crippen LogP contribution in [0, 0.1) is 0 Å². The van der Waals surface area contributed by atoms with Crippen LogP contribution in [0.1, 0.15) is 47.7 Å². The van der Waals surface area contributed by atoms with Gasteiger partial charge in [-0.15, -0.1) is 0 Å². The molecule has 184 valence electrons. The van der Waals surface area contributed by atoms with Crippen LogP contribution in [0.4, 0.5) is 0 Å². The smallest absolute Gasteiger partial charge is 0.331 e. The normalized spacial score (nSPS) is 17.7. The molecule has 0 amide bonds. The molecular formula is C26H29N3O6. The van der Waals surface area contributed by atoms with Crippen molar-refractivity contribution in [2.75, 3.05) is 27.5 Å². The number of hydrogen-bond donors (Lipinski definition) is 2. The van der Waals surface area contributed by atoms with Gasteiger partial charge in [-0.1, -0.05) is 30.3 Å². The first-order chi connectivity index (χ1) is 16.9. The van der Waals surface area contributed by atoms with Crippen LogP contribution >= 0.6 is 0 Å². The van der Waals surface area contributed by atoms with Gasteiger partial charge in [-0.25, -0.2) is 4.79 Å². The van der Waals surface area contributed by atoms with Crippen molar-refractivity contribution in [2.24, 2.45) is 0 Å². The standard InChI is InChI=1S/C26H29N3O6/c1-15(9-10-16-7-5-4-6-8-16)29-25(31)20(24(30)27-26(29)32)21-19-17(11-12-28(21)2)13-18-22(23(19)33-3)35-14-34-18/h4-8,13,15,21,31H,9-12,14H2,1-3H3,(H,27,30,32). The molecule has 2 aromatic carbocycles. The minimum Gasteiger partial charge on any atom is -0.494 e. The van der Waals surface area contributed by atoms with E-state index in [9.17, 15) is 14.7 Å². The summed E-state index contributed by atoms with van der Waals surface area (Å²) in [6.45, 7) is 2.59. The molecule has 2 aliphatic rings. The van der Waals surface area contributed by atoms with Gasteiger partial charge in [0.25, 0.3) is 5.56 Å². The zero-order chi connectivity index (χ0) is 24.7. The van der Waals surface area contributed by atoms with E-state index in [4.69, 9.17) is 14.2 Å². The van der Waals surface area contributed by atoms with Crippen LogP contribution < -0.4 is 25.5 Å². The summed E-state index contributed by atoms with van der Waals surface area (Å²) in [6.07, 6.45) is 2.05. The van der Waals surface area contributed by atoms with Gasteiger partial charge in [0.05, 0.1) is 18.7 Å². The van der Waals surface area contributed by atoms with Gasteiger partial charge in [0.1, 0.15) is 0 Å². The highest BCUT2D eigenvalue weighted by Crippen LogP contribution is 2.51. The Kier molecular flexibility index (Phi) is 6.02. The van der Waals surface area contributed by atoms with Gasteiger partial charge in [-0.2, -0.15) is 0 Å². The Morgan fingerprint density at radius 2 is 1.97 bits per heavy atom. The Hall–Kier alpha value is -3.72. The van der Waals surface area contributed by atoms with Gasteiger partial charge >= 0.3 is 5.69 Å². The predicted molar refractivity (Wildman–Crippen MR) is 130 cm³/mol. The van der Waals surface area contributed by atoms with E-state index in [-0.39, 0.29) is 24.3 Å². The second kappa shape index (κ2) is 9.14. The first-order valence-corrected chi connectivity index (χ1v) is 11.7. The Morgan fingerprint density at radius 1 is 1.20 bits per heavy atom. The lowest BCUT2D eigenvalue weighted by Gasteiger charge is -2.36. The molecule has 0 saturated carbocycles. The highest BCUT2D eigenvalue weighted by Gasteiger charge is 2.38. The molecule has 9 heteroatoms. The summed E-state index contributed by atoms with van der Waals surface area (Å²) in [5, 5.41) is 11.4. The fourth-order valence-corrected chi connectivity index (χ4v) is 5.15. The number of ether oxygens (including phenoxy) is 3. The van der Waals surface area contributed by atoms with Crippen molar-refractivity contribution in [3.8, 4) is 23.1 Å². The largest absolute Gasteiger partial charge is 0.494 e. The monoisotopic (exact) mass is 479 g/mol. The maximum Gasteiger partial charge on any atom is 0.331 e. The lowest BCUT2D eigenvalue weighted by atomic mass is 9.87. The zero-order valence-corrected chi connectivity index (χ0v) is 20.0. The van der Waals surface area contributed by atoms with Gasteiger partial charge in [0.2, 0.25) is 18.4 Å². The summed E-state index contributed by atoms with van der Waals surface area (Å²) < 4.78 is 18.2. The Morgan fingerprint density at radius 3 is 2.71 bits per heavy atom. The average Bonchev–Trinajstić information content (AvgIpc) is 3.31. The fraction of sp³-hybridized carbons (Fsp3) is 0.385. The number of aryl methyl sites for hydroxylation is 1. The fourth-order valence-electron chi connectivity index (χ4n) is 5.15. The van der Waals surface area contributed by atoms with Crippen molar-refractivity contribution < 1.29 is 19.3 Å². The minimum absolute atomic E-state index is 0.0880. The molecule has 0 saturated heterocycles. The van der Waals surface area contributed by atoms with Gasteiger partial charge in [0.15, 0.2) is 11.5 Å². The number of H-pyrrole nitrogens is 1. The van der Waals surface area contributed by atoms with Crippen LogP contribution in [0.2, 0.25) is 0 Å². The number of likely N-dealkylation sites (N-methyl/N-ethyl adjacent to an activating group) is 1. The van der Waals surface area contributed by atoms with E-state index in [0.29, 0.717) is 36.6 Å². The molecular weight excluding hydrogens is 450 g/mol. The molecule has 2 aliphatic heterocycles. The first-order valence-electron chi connectivity index (χ1n) is 11.7. The number of nitrogens with zero attached hydrogens (tertiary/aromatic N) is 2. The minimum atomic E-state index is -0.639. The number of benzene rings is 2. The second-order valence-electron chi connectivity index (χ2n) is 9.09. The SMILES string of the molecule is COc1c2c(cc3c1C(c1c(O)n(C(C)CCc4ccccc4)c(=O)[nH]c1=O)N(C)CC3)OCO2. The summed E-state index contributed by atoms with van der Waals surface area (Å²) in [6, 6.07) is 10.9. The molecule has 9 nitrogen and oxygen atoms in total. The number of nitrogens with one attached hydrogen (secondary N) is 1. The Bertz CT molecular complexity index is 1360. The molecule has 2 atom stereocenters. The Balaban J connectivity index is 1.61. The molecule has 1 aromatic heterocycles. The second-order valence-corrected chi connectivity index (χ2v) is 9.09. The van der Waals surface area contributed by atoms with Crippen molar-refractivity contribution in [1.82, 2.24) is 14.5 Å². The van der Waals surface area contributed by atoms with E-state index < -0.39 is 17.3 Å². The molecule has 35 heavy (non-hydrogen) atoms. The van der Waals surface area contributed by atoms with Crippen molar-refractivity contribution in [2.45, 2.75) is 38.3 Å². The summed E-state index contributed by atoms with van der Waals surface area (Å²) in [5.74, 6) is 1.22. The van der Waals surface area contributed by atoms with Crippen molar-refractivity contribution >= 4 is 0 Å². The van der Waals surface area contributed by atoms with E-state index in [2.05, 4.69) is 4.98 Å². The topological polar surface area (TPSA) is 106 Å². The number of hydrogen-bond acceptors (Lipinski definition) is 7. The maximum absolute atomic E-state index is 13.2. The highest BCUT2D eigenvalue weighted by molar-refractivity contribution is 5.63. The molecule has 0 bridgehead atoms. The molecule has 0 fully saturated rings. The first kappa shape index (κ1) is 23.0. The van der Waals surface area contributed by atoms with E-state index >= 15 is 0 Å². The van der Waals surface area contributed by atoms with E-state index in [1.165, 1.54) is 4.57 Å².